The molecule has 1 aromatic rings. The van der Waals surface area contributed by atoms with Gasteiger partial charge in [0.2, 0.25) is 0 Å². The molecule has 0 spiro atoms. The topological polar surface area (TPSA) is 76.2 Å². The van der Waals surface area contributed by atoms with Crippen molar-refractivity contribution < 1.29 is 14.3 Å². The van der Waals surface area contributed by atoms with E-state index in [2.05, 4.69) is 4.98 Å². The fourth-order valence-corrected chi connectivity index (χ4v) is 0.732. The molecule has 0 saturated heterocycles. The van der Waals surface area contributed by atoms with E-state index in [0.29, 0.717) is 0 Å². The molecule has 0 aliphatic heterocycles. The molecule has 0 saturated carbocycles. The van der Waals surface area contributed by atoms with E-state index in [0.717, 1.165) is 12.3 Å². The molecular formula is C8H7FN2O2. The maximum Gasteiger partial charge on any atom is 0.351 e. The Morgan fingerprint density at radius 1 is 1.69 bits per heavy atom. The minimum absolute atomic E-state index is 0.106. The quantitative estimate of drug-likeness (QED) is 0.657. The van der Waals surface area contributed by atoms with E-state index in [-0.39, 0.29) is 5.56 Å². The van der Waals surface area contributed by atoms with Crippen LogP contribution in [0.25, 0.3) is 6.08 Å². The summed E-state index contributed by atoms with van der Waals surface area (Å²) in [5.41, 5.74) is 4.79. The summed E-state index contributed by atoms with van der Waals surface area (Å²) in [6, 6.07) is 1.34. The van der Waals surface area contributed by atoms with E-state index in [1.165, 1.54) is 12.3 Å². The van der Waals surface area contributed by atoms with Crippen LogP contribution in [-0.4, -0.2) is 16.1 Å². The molecule has 0 fully saturated rings. The molecule has 0 bridgehead atoms. The normalized spacial score (nSPS) is 11.3. The van der Waals surface area contributed by atoms with Gasteiger partial charge in [-0.25, -0.2) is 9.18 Å². The number of nitrogens with zero attached hydrogens (tertiary/aromatic N) is 1. The SMILES string of the molecule is N/C(=C/c1ccncc1F)C(=O)O. The van der Waals surface area contributed by atoms with Gasteiger partial charge in [0.15, 0.2) is 0 Å². The minimum atomic E-state index is -1.28. The highest BCUT2D eigenvalue weighted by Crippen LogP contribution is 2.07. The molecule has 68 valence electrons. The number of aliphatic carboxylic acids is 1. The lowest BCUT2D eigenvalue weighted by atomic mass is 10.2. The van der Waals surface area contributed by atoms with Crippen molar-refractivity contribution in [2.45, 2.75) is 0 Å². The zero-order chi connectivity index (χ0) is 9.84. The van der Waals surface area contributed by atoms with Crippen LogP contribution in [0.1, 0.15) is 5.56 Å². The molecule has 5 heteroatoms. The lowest BCUT2D eigenvalue weighted by molar-refractivity contribution is -0.132. The Bertz CT molecular complexity index is 363. The standard InChI is InChI=1S/C8H7FN2O2/c9-6-4-11-2-1-5(6)3-7(10)8(12)13/h1-4H,10H2,(H,12,13)/b7-3+. The van der Waals surface area contributed by atoms with E-state index < -0.39 is 17.5 Å². The molecule has 13 heavy (non-hydrogen) atoms. The zero-order valence-electron chi connectivity index (χ0n) is 6.57. The Morgan fingerprint density at radius 3 is 2.92 bits per heavy atom. The molecule has 0 atom stereocenters. The van der Waals surface area contributed by atoms with Gasteiger partial charge in [-0.1, -0.05) is 0 Å². The Balaban J connectivity index is 3.04. The smallest absolute Gasteiger partial charge is 0.351 e. The predicted octanol–water partition coefficient (Wildman–Crippen LogP) is 0.605. The molecule has 3 N–H and O–H groups in total. The average molecular weight is 182 g/mol. The van der Waals surface area contributed by atoms with Crippen molar-refractivity contribution in [1.82, 2.24) is 4.98 Å². The summed E-state index contributed by atoms with van der Waals surface area (Å²) in [4.78, 5) is 13.8. The second-order valence-electron chi connectivity index (χ2n) is 2.30. The van der Waals surface area contributed by atoms with Crippen molar-refractivity contribution in [1.29, 1.82) is 0 Å². The Morgan fingerprint density at radius 2 is 2.38 bits per heavy atom. The van der Waals surface area contributed by atoms with E-state index in [4.69, 9.17) is 10.8 Å². The van der Waals surface area contributed by atoms with Crippen molar-refractivity contribution in [2.75, 3.05) is 0 Å². The summed E-state index contributed by atoms with van der Waals surface area (Å²) >= 11 is 0. The number of rotatable bonds is 2. The average Bonchev–Trinajstić information content (AvgIpc) is 2.08. The second kappa shape index (κ2) is 3.66. The number of pyridine rings is 1. The number of carboxylic acids is 1. The molecule has 0 amide bonds. The molecule has 1 aromatic heterocycles. The molecule has 0 aliphatic rings. The van der Waals surface area contributed by atoms with Gasteiger partial charge in [-0.05, 0) is 12.1 Å². The number of aromatic nitrogens is 1. The molecular weight excluding hydrogens is 175 g/mol. The van der Waals surface area contributed by atoms with E-state index >= 15 is 0 Å². The van der Waals surface area contributed by atoms with Gasteiger partial charge in [-0.15, -0.1) is 0 Å². The van der Waals surface area contributed by atoms with Gasteiger partial charge in [0, 0.05) is 11.8 Å². The summed E-state index contributed by atoms with van der Waals surface area (Å²) < 4.78 is 12.9. The van der Waals surface area contributed by atoms with Crippen LogP contribution in [0.3, 0.4) is 0 Å². The lowest BCUT2D eigenvalue weighted by Gasteiger charge is -1.96. The zero-order valence-corrected chi connectivity index (χ0v) is 6.57. The molecule has 0 radical (unpaired) electrons. The highest BCUT2D eigenvalue weighted by atomic mass is 19.1. The van der Waals surface area contributed by atoms with Crippen molar-refractivity contribution >= 4 is 12.0 Å². The van der Waals surface area contributed by atoms with Gasteiger partial charge in [-0.3, -0.25) is 4.98 Å². The summed E-state index contributed by atoms with van der Waals surface area (Å²) in [6.45, 7) is 0. The summed E-state index contributed by atoms with van der Waals surface area (Å²) in [6.07, 6.45) is 3.38. The fourth-order valence-electron chi connectivity index (χ4n) is 0.732. The fraction of sp³-hybridized carbons (Fsp3) is 0. The first kappa shape index (κ1) is 9.18. The number of hydrogen-bond donors (Lipinski definition) is 2. The van der Waals surface area contributed by atoms with Crippen molar-refractivity contribution in [3.05, 3.63) is 35.5 Å². The number of carboxylic acid groups (broad SMARTS) is 1. The van der Waals surface area contributed by atoms with Gasteiger partial charge in [0.1, 0.15) is 11.5 Å². The summed E-state index contributed by atoms with van der Waals surface area (Å²) in [5, 5.41) is 8.40. The van der Waals surface area contributed by atoms with Gasteiger partial charge >= 0.3 is 5.97 Å². The van der Waals surface area contributed by atoms with E-state index in [9.17, 15) is 9.18 Å². The molecule has 0 aromatic carbocycles. The number of hydrogen-bond acceptors (Lipinski definition) is 3. The third kappa shape index (κ3) is 2.26. The maximum absolute atomic E-state index is 12.9. The van der Waals surface area contributed by atoms with Crippen LogP contribution in [0.4, 0.5) is 4.39 Å². The second-order valence-corrected chi connectivity index (χ2v) is 2.30. The van der Waals surface area contributed by atoms with Crippen molar-refractivity contribution in [3.63, 3.8) is 0 Å². The molecule has 0 unspecified atom stereocenters. The van der Waals surface area contributed by atoms with E-state index in [1.54, 1.807) is 0 Å². The first-order chi connectivity index (χ1) is 6.11. The highest BCUT2D eigenvalue weighted by molar-refractivity contribution is 5.90. The van der Waals surface area contributed by atoms with Crippen LogP contribution in [0, 0.1) is 5.82 Å². The van der Waals surface area contributed by atoms with E-state index in [1.807, 2.05) is 0 Å². The van der Waals surface area contributed by atoms with Gasteiger partial charge in [0.05, 0.1) is 6.20 Å². The first-order valence-electron chi connectivity index (χ1n) is 3.41. The summed E-state index contributed by atoms with van der Waals surface area (Å²) in [5.74, 6) is -1.89. The van der Waals surface area contributed by atoms with Crippen LogP contribution < -0.4 is 5.73 Å². The minimum Gasteiger partial charge on any atom is -0.477 e. The molecule has 0 aliphatic carbocycles. The summed E-state index contributed by atoms with van der Waals surface area (Å²) in [7, 11) is 0. The number of halogens is 1. The largest absolute Gasteiger partial charge is 0.477 e. The van der Waals surface area contributed by atoms with Crippen LogP contribution in [0.5, 0.6) is 0 Å². The van der Waals surface area contributed by atoms with Crippen molar-refractivity contribution in [3.8, 4) is 0 Å². The Kier molecular flexibility index (Phi) is 2.59. The maximum atomic E-state index is 12.9. The lowest BCUT2D eigenvalue weighted by Crippen LogP contribution is -2.09. The molecule has 1 heterocycles. The first-order valence-corrected chi connectivity index (χ1v) is 3.41. The monoisotopic (exact) mass is 182 g/mol. The van der Waals surface area contributed by atoms with Crippen LogP contribution in [-0.2, 0) is 4.79 Å². The third-order valence-corrected chi connectivity index (χ3v) is 1.36. The Hall–Kier alpha value is -1.91. The third-order valence-electron chi connectivity index (χ3n) is 1.36. The molecule has 1 rings (SSSR count). The van der Waals surface area contributed by atoms with Crippen LogP contribution in [0.2, 0.25) is 0 Å². The van der Waals surface area contributed by atoms with Gasteiger partial charge in [-0.2, -0.15) is 0 Å². The van der Waals surface area contributed by atoms with Crippen molar-refractivity contribution in [2.24, 2.45) is 5.73 Å². The predicted molar refractivity (Wildman–Crippen MR) is 44.0 cm³/mol. The van der Waals surface area contributed by atoms with Crippen LogP contribution in [0.15, 0.2) is 24.2 Å². The van der Waals surface area contributed by atoms with Gasteiger partial charge < -0.3 is 10.8 Å². The number of nitrogens with two attached hydrogens (primary N) is 1. The Labute approximate surface area is 73.5 Å². The highest BCUT2D eigenvalue weighted by Gasteiger charge is 2.03. The van der Waals surface area contributed by atoms with Crippen LogP contribution >= 0.6 is 0 Å². The molecule has 4 nitrogen and oxygen atoms in total. The van der Waals surface area contributed by atoms with Gasteiger partial charge in [0.25, 0.3) is 0 Å². The number of carbonyl (C=O) groups is 1.